The van der Waals surface area contributed by atoms with Crippen LogP contribution < -0.4 is 9.64 Å². The van der Waals surface area contributed by atoms with Crippen LogP contribution in [-0.4, -0.2) is 38.2 Å². The molecule has 0 aliphatic rings. The first-order chi connectivity index (χ1) is 9.49. The highest BCUT2D eigenvalue weighted by molar-refractivity contribution is 5.71. The quantitative estimate of drug-likeness (QED) is 0.432. The summed E-state index contributed by atoms with van der Waals surface area (Å²) in [5.41, 5.74) is 0.371. The second-order valence-corrected chi connectivity index (χ2v) is 4.09. The number of nitrogens with zero attached hydrogens (tertiary/aromatic N) is 2. The zero-order chi connectivity index (χ0) is 15.1. The highest BCUT2D eigenvalue weighted by atomic mass is 16.6. The Morgan fingerprint density at radius 1 is 1.45 bits per heavy atom. The molecule has 0 bridgehead atoms. The lowest BCUT2D eigenvalue weighted by Crippen LogP contribution is -2.22. The van der Waals surface area contributed by atoms with Gasteiger partial charge in [0.25, 0.3) is 5.69 Å². The van der Waals surface area contributed by atoms with E-state index in [0.29, 0.717) is 24.6 Å². The third-order valence-electron chi connectivity index (χ3n) is 2.75. The molecule has 0 amide bonds. The fraction of sp³-hybridized carbons (Fsp3) is 0.462. The first-order valence-corrected chi connectivity index (χ1v) is 6.18. The number of carbonyl (C=O) groups is 1. The second kappa shape index (κ2) is 7.32. The van der Waals surface area contributed by atoms with Gasteiger partial charge in [-0.1, -0.05) is 0 Å². The van der Waals surface area contributed by atoms with E-state index in [9.17, 15) is 14.9 Å². The molecule has 0 aliphatic heterocycles. The van der Waals surface area contributed by atoms with Crippen LogP contribution in [0, 0.1) is 10.1 Å². The average Bonchev–Trinajstić information content (AvgIpc) is 2.44. The number of esters is 1. The Bertz CT molecular complexity index is 490. The van der Waals surface area contributed by atoms with E-state index in [4.69, 9.17) is 9.47 Å². The molecule has 0 aliphatic carbocycles. The predicted molar refractivity (Wildman–Crippen MR) is 74.2 cm³/mol. The first-order valence-electron chi connectivity index (χ1n) is 6.18. The zero-order valence-electron chi connectivity index (χ0n) is 11.8. The Balaban J connectivity index is 2.84. The van der Waals surface area contributed by atoms with Gasteiger partial charge in [0.1, 0.15) is 11.4 Å². The zero-order valence-corrected chi connectivity index (χ0v) is 11.8. The molecule has 20 heavy (non-hydrogen) atoms. The van der Waals surface area contributed by atoms with Gasteiger partial charge in [-0.25, -0.2) is 0 Å². The van der Waals surface area contributed by atoms with Crippen molar-refractivity contribution in [2.75, 3.05) is 32.2 Å². The second-order valence-electron chi connectivity index (χ2n) is 4.09. The molecular formula is C13H18N2O5. The molecule has 0 aromatic heterocycles. The maximum absolute atomic E-state index is 11.3. The monoisotopic (exact) mass is 282 g/mol. The fourth-order valence-electron chi connectivity index (χ4n) is 1.71. The van der Waals surface area contributed by atoms with Crippen molar-refractivity contribution in [3.8, 4) is 5.75 Å². The van der Waals surface area contributed by atoms with Gasteiger partial charge >= 0.3 is 5.97 Å². The number of benzene rings is 1. The Kier molecular flexibility index (Phi) is 5.76. The number of carbonyl (C=O) groups excluding carboxylic acids is 1. The molecule has 0 radical (unpaired) electrons. The Labute approximate surface area is 117 Å². The number of rotatable bonds is 7. The van der Waals surface area contributed by atoms with Crippen molar-refractivity contribution in [1.82, 2.24) is 0 Å². The third-order valence-corrected chi connectivity index (χ3v) is 2.75. The minimum Gasteiger partial charge on any atom is -0.496 e. The van der Waals surface area contributed by atoms with Gasteiger partial charge < -0.3 is 14.4 Å². The molecule has 0 saturated heterocycles. The standard InChI is InChI=1S/C13H18N2O5/c1-4-20-13(16)7-8-14(2)11-6-5-10(19-3)9-12(11)15(17)18/h5-6,9H,4,7-8H2,1-3H3. The van der Waals surface area contributed by atoms with Gasteiger partial charge in [0.15, 0.2) is 0 Å². The van der Waals surface area contributed by atoms with Gasteiger partial charge in [0.05, 0.1) is 31.1 Å². The van der Waals surface area contributed by atoms with Gasteiger partial charge in [0, 0.05) is 13.6 Å². The SMILES string of the molecule is CCOC(=O)CCN(C)c1ccc(OC)cc1[N+](=O)[O-]. The van der Waals surface area contributed by atoms with Crippen molar-refractivity contribution in [2.45, 2.75) is 13.3 Å². The van der Waals surface area contributed by atoms with Crippen LogP contribution >= 0.6 is 0 Å². The summed E-state index contributed by atoms with van der Waals surface area (Å²) in [4.78, 5) is 23.5. The molecule has 0 unspecified atom stereocenters. The maximum Gasteiger partial charge on any atom is 0.307 e. The van der Waals surface area contributed by atoms with Crippen molar-refractivity contribution < 1.29 is 19.2 Å². The maximum atomic E-state index is 11.3. The largest absolute Gasteiger partial charge is 0.496 e. The number of nitro groups is 1. The van der Waals surface area contributed by atoms with E-state index in [1.807, 2.05) is 0 Å². The molecule has 1 aromatic rings. The third kappa shape index (κ3) is 4.11. The van der Waals surface area contributed by atoms with Crippen molar-refractivity contribution >= 4 is 17.3 Å². The van der Waals surface area contributed by atoms with E-state index in [-0.39, 0.29) is 18.1 Å². The molecule has 7 heteroatoms. The minimum absolute atomic E-state index is 0.0595. The fourth-order valence-corrected chi connectivity index (χ4v) is 1.71. The number of ether oxygens (including phenoxy) is 2. The van der Waals surface area contributed by atoms with E-state index < -0.39 is 4.92 Å². The van der Waals surface area contributed by atoms with Gasteiger partial charge in [-0.05, 0) is 19.1 Å². The van der Waals surface area contributed by atoms with Crippen LogP contribution in [0.25, 0.3) is 0 Å². The molecule has 0 fully saturated rings. The summed E-state index contributed by atoms with van der Waals surface area (Å²) in [5, 5.41) is 11.1. The molecule has 0 N–H and O–H groups in total. The van der Waals surface area contributed by atoms with E-state index in [1.165, 1.54) is 13.2 Å². The highest BCUT2D eigenvalue weighted by Gasteiger charge is 2.19. The molecule has 0 heterocycles. The van der Waals surface area contributed by atoms with Crippen molar-refractivity contribution in [3.63, 3.8) is 0 Å². The highest BCUT2D eigenvalue weighted by Crippen LogP contribution is 2.31. The van der Waals surface area contributed by atoms with Crippen LogP contribution in [0.4, 0.5) is 11.4 Å². The number of anilines is 1. The Hall–Kier alpha value is -2.31. The lowest BCUT2D eigenvalue weighted by molar-refractivity contribution is -0.384. The van der Waals surface area contributed by atoms with Crippen LogP contribution in [0.15, 0.2) is 18.2 Å². The van der Waals surface area contributed by atoms with Crippen LogP contribution in [0.5, 0.6) is 5.75 Å². The predicted octanol–water partition coefficient (Wildman–Crippen LogP) is 1.99. The summed E-state index contributed by atoms with van der Waals surface area (Å²) in [6.07, 6.45) is 0.174. The van der Waals surface area contributed by atoms with E-state index in [0.717, 1.165) is 0 Å². The Morgan fingerprint density at radius 3 is 2.70 bits per heavy atom. The summed E-state index contributed by atoms with van der Waals surface area (Å²) in [6, 6.07) is 4.60. The summed E-state index contributed by atoms with van der Waals surface area (Å²) in [6.45, 7) is 2.40. The summed E-state index contributed by atoms with van der Waals surface area (Å²) in [7, 11) is 3.14. The summed E-state index contributed by atoms with van der Waals surface area (Å²) < 4.78 is 9.80. The molecule has 1 aromatic carbocycles. The minimum atomic E-state index is -0.473. The first kappa shape index (κ1) is 15.7. The van der Waals surface area contributed by atoms with E-state index in [1.54, 1.807) is 31.0 Å². The summed E-state index contributed by atoms with van der Waals surface area (Å²) in [5.74, 6) is 0.0924. The van der Waals surface area contributed by atoms with Crippen LogP contribution in [0.3, 0.4) is 0 Å². The molecule has 0 spiro atoms. The number of hydrogen-bond acceptors (Lipinski definition) is 6. The Morgan fingerprint density at radius 2 is 2.15 bits per heavy atom. The van der Waals surface area contributed by atoms with Crippen LogP contribution in [-0.2, 0) is 9.53 Å². The van der Waals surface area contributed by atoms with Crippen molar-refractivity contribution in [2.24, 2.45) is 0 Å². The smallest absolute Gasteiger partial charge is 0.307 e. The molecule has 0 atom stereocenters. The van der Waals surface area contributed by atoms with Crippen molar-refractivity contribution in [1.29, 1.82) is 0 Å². The van der Waals surface area contributed by atoms with Gasteiger partial charge in [-0.15, -0.1) is 0 Å². The molecule has 7 nitrogen and oxygen atoms in total. The molecule has 1 rings (SSSR count). The molecule has 0 saturated carbocycles. The van der Waals surface area contributed by atoms with Crippen molar-refractivity contribution in [3.05, 3.63) is 28.3 Å². The lowest BCUT2D eigenvalue weighted by atomic mass is 10.2. The normalized spacial score (nSPS) is 9.95. The van der Waals surface area contributed by atoms with Gasteiger partial charge in [-0.2, -0.15) is 0 Å². The van der Waals surface area contributed by atoms with Crippen LogP contribution in [0.1, 0.15) is 13.3 Å². The molecule has 110 valence electrons. The van der Waals surface area contributed by atoms with Crippen LogP contribution in [0.2, 0.25) is 0 Å². The van der Waals surface area contributed by atoms with Gasteiger partial charge in [0.2, 0.25) is 0 Å². The molecular weight excluding hydrogens is 264 g/mol. The van der Waals surface area contributed by atoms with E-state index >= 15 is 0 Å². The number of methoxy groups -OCH3 is 1. The average molecular weight is 282 g/mol. The van der Waals surface area contributed by atoms with Gasteiger partial charge in [-0.3, -0.25) is 14.9 Å². The van der Waals surface area contributed by atoms with E-state index in [2.05, 4.69) is 0 Å². The topological polar surface area (TPSA) is 81.9 Å². The lowest BCUT2D eigenvalue weighted by Gasteiger charge is -2.19. The number of nitro benzene ring substituents is 1. The number of hydrogen-bond donors (Lipinski definition) is 0. The summed E-state index contributed by atoms with van der Waals surface area (Å²) >= 11 is 0.